The highest BCUT2D eigenvalue weighted by atomic mass is 16.3. The molecule has 50 heteroatoms. The number of carbonyl (C=O) groups is 18. The Hall–Kier alpha value is -12.0. The molecule has 24 atom stereocenters. The lowest BCUT2D eigenvalue weighted by molar-refractivity contribution is -0.139. The summed E-state index contributed by atoms with van der Waals surface area (Å²) in [5.41, 5.74) is 32.8. The molecular formula is C70H112N20O30. The average molecular weight is 1710 g/mol. The first-order valence-electron chi connectivity index (χ1n) is 36.7. The van der Waals surface area contributed by atoms with Crippen molar-refractivity contribution >= 4 is 106 Å². The molecule has 120 heavy (non-hydrogen) atoms. The fourth-order valence-electron chi connectivity index (χ4n) is 10.3. The summed E-state index contributed by atoms with van der Waals surface area (Å²) in [7, 11) is 0. The number of aliphatic hydroxyl groups excluding tert-OH is 10. The quantitative estimate of drug-likeness (QED) is 0.0293. The van der Waals surface area contributed by atoms with E-state index in [0.717, 1.165) is 55.4 Å². The highest BCUT2D eigenvalue weighted by Gasteiger charge is 2.42. The molecule has 0 heterocycles. The van der Waals surface area contributed by atoms with E-state index >= 15 is 0 Å². The van der Waals surface area contributed by atoms with Crippen molar-refractivity contribution < 1.29 is 148 Å². The van der Waals surface area contributed by atoms with Gasteiger partial charge in [-0.3, -0.25) is 86.3 Å². The van der Waals surface area contributed by atoms with Gasteiger partial charge in [0.2, 0.25) is 106 Å². The van der Waals surface area contributed by atoms with Gasteiger partial charge in [0.25, 0.3) is 0 Å². The third kappa shape index (κ3) is 36.1. The standard InChI is InChI=1S/2C35H56N10O15/c2*1-13(36)29(54)41-22(12-46)32(57)43-26(16(4)49)34(59)45-27(17(5)50)35(60)44-25(15(3)48)33(58)40-21(11-23(37)52)30(55)39-20(10-18-6-8-19(51)9-7-18)31(56)42-24(14(2)47)28(38)53/h2*6-9,13-17,20-22,24-27,46-51H,10-12,36H2,1-5H3,(H2,37,52)(H2,38,53)(H,39,55)(H,40,58)(H,41,54)(H,42,56)(H,43,57)(H,44,60)(H,45,59)/t2*13-,14-,15-,16-,17-,20+,21+,22+,24+,25+,26+,27+/m11/s1. The summed E-state index contributed by atoms with van der Waals surface area (Å²) in [6.07, 6.45) is -15.8. The van der Waals surface area contributed by atoms with E-state index in [0.29, 0.717) is 11.1 Å². The van der Waals surface area contributed by atoms with E-state index in [9.17, 15) is 148 Å². The van der Waals surface area contributed by atoms with Crippen LogP contribution in [0.2, 0.25) is 0 Å². The van der Waals surface area contributed by atoms with Crippen molar-refractivity contribution in [2.24, 2.45) is 34.4 Å². The van der Waals surface area contributed by atoms with Crippen LogP contribution in [0.25, 0.3) is 0 Å². The van der Waals surface area contributed by atoms with Gasteiger partial charge in [-0.05, 0) is 105 Å². The number of hydrogen-bond acceptors (Lipinski definition) is 32. The lowest BCUT2D eigenvalue weighted by atomic mass is 10.0. The predicted octanol–water partition coefficient (Wildman–Crippen LogP) is -16.9. The molecule has 0 fully saturated rings. The number of amides is 18. The molecule has 0 saturated heterocycles. The van der Waals surface area contributed by atoms with Gasteiger partial charge in [-0.15, -0.1) is 0 Å². The molecule has 50 nitrogen and oxygen atoms in total. The van der Waals surface area contributed by atoms with Gasteiger partial charge in [0.15, 0.2) is 0 Å². The van der Waals surface area contributed by atoms with Gasteiger partial charge >= 0.3 is 0 Å². The summed E-state index contributed by atoms with van der Waals surface area (Å²) >= 11 is 0. The van der Waals surface area contributed by atoms with Crippen LogP contribution in [0.15, 0.2) is 48.5 Å². The number of hydrogen-bond donors (Lipinski definition) is 32. The Morgan fingerprint density at radius 3 is 0.625 bits per heavy atom. The zero-order valence-electron chi connectivity index (χ0n) is 66.9. The summed E-state index contributed by atoms with van der Waals surface area (Å²) in [6.45, 7) is 9.28. The van der Waals surface area contributed by atoms with Crippen molar-refractivity contribution in [3.8, 4) is 11.5 Å². The molecule has 0 aliphatic rings. The minimum atomic E-state index is -1.98. The Bertz CT molecular complexity index is 3620. The van der Waals surface area contributed by atoms with Crippen LogP contribution in [-0.4, -0.2) is 326 Å². The van der Waals surface area contributed by atoms with Crippen molar-refractivity contribution in [2.45, 2.75) is 240 Å². The molecule has 38 N–H and O–H groups in total. The SMILES string of the molecule is C[C@@H](N)C(=O)N[C@@H](CO)C(=O)N[C@H](C(=O)N[C@H](C(=O)N[C@H](C(=O)N[C@@H](CC(N)=O)C(=O)N[C@@H](Cc1ccc(O)cc1)C(=O)N[C@H](C(N)=O)[C@@H](C)O)[C@@H](C)O)[C@@H](C)O)[C@@H](C)O.C[C@@H](N)C(=O)N[C@@H](CO)C(=O)N[C@H](C(=O)N[C@H](C(=O)N[C@H](C(=O)N[C@@H](CC(N)=O)C(=O)N[C@@H](Cc1ccc(O)cc1)C(=O)N[C@H](C(N)=O)[C@@H](C)O)[C@@H](C)O)[C@@H](C)O)[C@@H](C)O. The first kappa shape index (κ1) is 106. The molecule has 18 amide bonds. The molecule has 2 rings (SSSR count). The number of rotatable bonds is 48. The van der Waals surface area contributed by atoms with Crippen molar-refractivity contribution in [1.29, 1.82) is 0 Å². The van der Waals surface area contributed by atoms with Crippen LogP contribution in [-0.2, 0) is 99.1 Å². The minimum absolute atomic E-state index is 0.135. The molecule has 2 aromatic carbocycles. The van der Waals surface area contributed by atoms with Crippen LogP contribution >= 0.6 is 0 Å². The highest BCUT2D eigenvalue weighted by molar-refractivity contribution is 6.02. The van der Waals surface area contributed by atoms with Crippen molar-refractivity contribution in [3.63, 3.8) is 0 Å². The van der Waals surface area contributed by atoms with E-state index in [1.807, 2.05) is 0 Å². The summed E-state index contributed by atoms with van der Waals surface area (Å²) in [5, 5.41) is 151. The van der Waals surface area contributed by atoms with E-state index < -0.39 is 278 Å². The Kier molecular flexibility index (Phi) is 44.8. The van der Waals surface area contributed by atoms with Gasteiger partial charge in [0.05, 0.1) is 87.0 Å². The lowest BCUT2D eigenvalue weighted by Gasteiger charge is -2.29. The molecule has 0 aliphatic heterocycles. The third-order valence-corrected chi connectivity index (χ3v) is 17.1. The zero-order valence-corrected chi connectivity index (χ0v) is 66.9. The predicted molar refractivity (Wildman–Crippen MR) is 412 cm³/mol. The number of nitrogens with one attached hydrogen (secondary N) is 14. The number of benzene rings is 2. The summed E-state index contributed by atoms with van der Waals surface area (Å²) < 4.78 is 0. The average Bonchev–Trinajstić information content (AvgIpc) is 0.848. The number of aliphatic hydroxyl groups is 10. The Balaban J connectivity index is 0.00000120. The maximum Gasteiger partial charge on any atom is 0.245 e. The number of primary amides is 4. The van der Waals surface area contributed by atoms with E-state index in [-0.39, 0.29) is 24.3 Å². The van der Waals surface area contributed by atoms with Gasteiger partial charge < -0.3 is 170 Å². The number of phenols is 2. The molecule has 0 aliphatic carbocycles. The number of nitrogens with two attached hydrogens (primary N) is 6. The molecule has 0 unspecified atom stereocenters. The van der Waals surface area contributed by atoms with Crippen molar-refractivity contribution in [1.82, 2.24) is 74.4 Å². The molecule has 672 valence electrons. The van der Waals surface area contributed by atoms with Crippen LogP contribution in [0.3, 0.4) is 0 Å². The van der Waals surface area contributed by atoms with Crippen LogP contribution < -0.4 is 109 Å². The third-order valence-electron chi connectivity index (χ3n) is 17.1. The Morgan fingerprint density at radius 1 is 0.258 bits per heavy atom. The van der Waals surface area contributed by atoms with Crippen LogP contribution in [0.1, 0.15) is 93.2 Å². The van der Waals surface area contributed by atoms with Gasteiger partial charge in [-0.2, -0.15) is 0 Å². The second-order valence-electron chi connectivity index (χ2n) is 28.0. The monoisotopic (exact) mass is 1710 g/mol. The zero-order chi connectivity index (χ0) is 92.4. The van der Waals surface area contributed by atoms with E-state index in [2.05, 4.69) is 74.4 Å². The Morgan fingerprint density at radius 2 is 0.433 bits per heavy atom. The maximum absolute atomic E-state index is 13.6. The van der Waals surface area contributed by atoms with Crippen molar-refractivity contribution in [2.75, 3.05) is 13.2 Å². The summed E-state index contributed by atoms with van der Waals surface area (Å²) in [4.78, 5) is 231. The van der Waals surface area contributed by atoms with Crippen LogP contribution in [0.4, 0.5) is 0 Å². The van der Waals surface area contributed by atoms with Crippen LogP contribution in [0.5, 0.6) is 11.5 Å². The van der Waals surface area contributed by atoms with Gasteiger partial charge in [-0.25, -0.2) is 0 Å². The summed E-state index contributed by atoms with van der Waals surface area (Å²) in [6, 6.07) is -16.5. The number of aromatic hydroxyl groups is 2. The van der Waals surface area contributed by atoms with Gasteiger partial charge in [0, 0.05) is 12.8 Å². The molecule has 0 aromatic heterocycles. The normalized spacial score (nSPS) is 17.1. The summed E-state index contributed by atoms with van der Waals surface area (Å²) in [5.74, 6) is -21.1. The second kappa shape index (κ2) is 50.7. The molecule has 0 saturated carbocycles. The van der Waals surface area contributed by atoms with E-state index in [1.54, 1.807) is 0 Å². The smallest absolute Gasteiger partial charge is 0.245 e. The van der Waals surface area contributed by atoms with Crippen molar-refractivity contribution in [3.05, 3.63) is 59.7 Å². The largest absolute Gasteiger partial charge is 0.508 e. The van der Waals surface area contributed by atoms with E-state index in [1.165, 1.54) is 62.4 Å². The first-order valence-corrected chi connectivity index (χ1v) is 36.7. The van der Waals surface area contributed by atoms with Gasteiger partial charge in [-0.1, -0.05) is 24.3 Å². The Labute approximate surface area is 685 Å². The molecule has 0 radical (unpaired) electrons. The number of carbonyl (C=O) groups excluding carboxylic acids is 18. The fourth-order valence-corrected chi connectivity index (χ4v) is 10.3. The fraction of sp³-hybridized carbons (Fsp3) is 0.571. The van der Waals surface area contributed by atoms with Crippen LogP contribution in [0, 0.1) is 0 Å². The van der Waals surface area contributed by atoms with E-state index in [4.69, 9.17) is 34.4 Å². The number of phenolic OH excluding ortho intramolecular Hbond substituents is 2. The molecule has 0 spiro atoms. The first-order chi connectivity index (χ1) is 55.6. The van der Waals surface area contributed by atoms with Gasteiger partial charge in [0.1, 0.15) is 96.1 Å². The topological polar surface area (TPSA) is 875 Å². The lowest BCUT2D eigenvalue weighted by Crippen LogP contribution is -2.64. The molecule has 2 aromatic rings. The molecule has 0 bridgehead atoms. The molecular weight excluding hydrogens is 1600 g/mol. The minimum Gasteiger partial charge on any atom is -0.508 e. The highest BCUT2D eigenvalue weighted by Crippen LogP contribution is 2.16. The maximum atomic E-state index is 13.6. The second-order valence-corrected chi connectivity index (χ2v) is 28.0.